The third-order valence-corrected chi connectivity index (χ3v) is 5.36. The van der Waals surface area contributed by atoms with Crippen LogP contribution in [0.4, 0.5) is 0 Å². The Balaban J connectivity index is 1.69. The summed E-state index contributed by atoms with van der Waals surface area (Å²) in [6.45, 7) is 5.37. The van der Waals surface area contributed by atoms with Crippen molar-refractivity contribution in [3.63, 3.8) is 0 Å². The summed E-state index contributed by atoms with van der Waals surface area (Å²) in [5.41, 5.74) is 2.81. The molecule has 0 saturated heterocycles. The lowest BCUT2D eigenvalue weighted by atomic mass is 10.0. The van der Waals surface area contributed by atoms with Crippen LogP contribution in [0.1, 0.15) is 24.2 Å². The van der Waals surface area contributed by atoms with Gasteiger partial charge in [-0.05, 0) is 53.9 Å². The summed E-state index contributed by atoms with van der Waals surface area (Å²) in [5, 5.41) is 0.656. The van der Waals surface area contributed by atoms with Crippen molar-refractivity contribution in [1.29, 1.82) is 0 Å². The molecule has 2 aromatic carbocycles. The first-order valence-electron chi connectivity index (χ1n) is 10.2. The number of benzene rings is 2. The van der Waals surface area contributed by atoms with Gasteiger partial charge in [-0.2, -0.15) is 0 Å². The molecule has 1 aliphatic rings. The maximum atomic E-state index is 12.6. The van der Waals surface area contributed by atoms with E-state index >= 15 is 0 Å². The number of furan rings is 1. The van der Waals surface area contributed by atoms with Crippen molar-refractivity contribution in [1.82, 2.24) is 4.90 Å². The fourth-order valence-electron chi connectivity index (χ4n) is 3.57. The summed E-state index contributed by atoms with van der Waals surface area (Å²) in [5.74, 6) is 2.08. The van der Waals surface area contributed by atoms with E-state index in [9.17, 15) is 4.79 Å². The normalized spacial score (nSPS) is 13.1. The fraction of sp³-hybridized carbons (Fsp3) is 0.240. The van der Waals surface area contributed by atoms with Crippen LogP contribution < -0.4 is 9.47 Å². The molecule has 0 saturated carbocycles. The highest BCUT2D eigenvalue weighted by Crippen LogP contribution is 2.39. The van der Waals surface area contributed by atoms with Gasteiger partial charge >= 0.3 is 0 Å². The van der Waals surface area contributed by atoms with Gasteiger partial charge in [0.1, 0.15) is 19.0 Å². The fourth-order valence-corrected chi connectivity index (χ4v) is 3.76. The van der Waals surface area contributed by atoms with E-state index in [4.69, 9.17) is 25.5 Å². The number of fused-ring (bicyclic) bond motifs is 1. The van der Waals surface area contributed by atoms with Crippen LogP contribution in [0.25, 0.3) is 11.1 Å². The van der Waals surface area contributed by atoms with E-state index in [-0.39, 0.29) is 12.5 Å². The number of hydrogen-bond acceptors (Lipinski definition) is 4. The van der Waals surface area contributed by atoms with Crippen molar-refractivity contribution in [2.75, 3.05) is 13.2 Å². The number of carbonyl (C=O) groups is 1. The Morgan fingerprint density at radius 1 is 1.19 bits per heavy atom. The molecule has 1 aromatic heterocycles. The molecule has 1 amide bonds. The zero-order chi connectivity index (χ0) is 21.6. The Bertz CT molecular complexity index is 1060. The quantitative estimate of drug-likeness (QED) is 0.434. The summed E-state index contributed by atoms with van der Waals surface area (Å²) < 4.78 is 17.5. The summed E-state index contributed by atoms with van der Waals surface area (Å²) >= 11 is 6.22. The predicted molar refractivity (Wildman–Crippen MR) is 120 cm³/mol. The molecular weight excluding hydrogens is 414 g/mol. The maximum Gasteiger partial charge on any atom is 0.223 e. The SMILES string of the molecule is C=CCCC(=O)N1CCOc2c(cc(-c3cccc(Cl)c3)cc2OCc2ccco2)C1. The number of amides is 1. The van der Waals surface area contributed by atoms with Gasteiger partial charge in [-0.15, -0.1) is 6.58 Å². The molecule has 0 atom stereocenters. The number of halogens is 1. The first-order chi connectivity index (χ1) is 15.1. The molecule has 4 rings (SSSR count). The molecular formula is C25H24ClNO4. The van der Waals surface area contributed by atoms with Gasteiger partial charge in [-0.3, -0.25) is 4.79 Å². The Labute approximate surface area is 186 Å². The molecule has 0 spiro atoms. The van der Waals surface area contributed by atoms with Crippen LogP contribution in [0.5, 0.6) is 11.5 Å². The van der Waals surface area contributed by atoms with Crippen LogP contribution >= 0.6 is 11.6 Å². The van der Waals surface area contributed by atoms with E-state index in [1.54, 1.807) is 12.3 Å². The number of ether oxygens (including phenoxy) is 2. The Morgan fingerprint density at radius 2 is 2.10 bits per heavy atom. The molecule has 6 heteroatoms. The summed E-state index contributed by atoms with van der Waals surface area (Å²) in [6, 6.07) is 15.3. The largest absolute Gasteiger partial charge is 0.487 e. The zero-order valence-corrected chi connectivity index (χ0v) is 17.9. The molecule has 31 heavy (non-hydrogen) atoms. The van der Waals surface area contributed by atoms with Crippen LogP contribution in [0.2, 0.25) is 5.02 Å². The highest BCUT2D eigenvalue weighted by molar-refractivity contribution is 6.30. The average molecular weight is 438 g/mol. The molecule has 0 aliphatic carbocycles. The molecule has 0 unspecified atom stereocenters. The minimum Gasteiger partial charge on any atom is -0.487 e. The van der Waals surface area contributed by atoms with Crippen molar-refractivity contribution in [3.8, 4) is 22.6 Å². The van der Waals surface area contributed by atoms with Crippen molar-refractivity contribution < 1.29 is 18.7 Å². The van der Waals surface area contributed by atoms with Crippen LogP contribution in [-0.4, -0.2) is 24.0 Å². The number of allylic oxidation sites excluding steroid dienone is 1. The molecule has 1 aliphatic heterocycles. The Kier molecular flexibility index (Phi) is 6.63. The molecule has 5 nitrogen and oxygen atoms in total. The van der Waals surface area contributed by atoms with Crippen LogP contribution in [0, 0.1) is 0 Å². The molecule has 160 valence electrons. The molecule has 0 radical (unpaired) electrons. The molecule has 3 aromatic rings. The summed E-state index contributed by atoms with van der Waals surface area (Å²) in [4.78, 5) is 14.5. The number of nitrogens with zero attached hydrogens (tertiary/aromatic N) is 1. The predicted octanol–water partition coefficient (Wildman–Crippen LogP) is 5.87. The van der Waals surface area contributed by atoms with Crippen molar-refractivity contribution >= 4 is 17.5 Å². The zero-order valence-electron chi connectivity index (χ0n) is 17.2. The lowest BCUT2D eigenvalue weighted by Gasteiger charge is -2.20. The van der Waals surface area contributed by atoms with Crippen molar-refractivity contribution in [3.05, 3.63) is 83.8 Å². The Hall–Kier alpha value is -3.18. The minimum atomic E-state index is 0.0857. The smallest absolute Gasteiger partial charge is 0.223 e. The van der Waals surface area contributed by atoms with Crippen LogP contribution in [-0.2, 0) is 17.9 Å². The van der Waals surface area contributed by atoms with Crippen LogP contribution in [0.15, 0.2) is 71.9 Å². The molecule has 2 heterocycles. The van der Waals surface area contributed by atoms with E-state index in [2.05, 4.69) is 6.58 Å². The molecule has 0 bridgehead atoms. The van der Waals surface area contributed by atoms with Gasteiger partial charge in [0.2, 0.25) is 5.91 Å². The van der Waals surface area contributed by atoms with E-state index < -0.39 is 0 Å². The maximum absolute atomic E-state index is 12.6. The molecule has 0 N–H and O–H groups in total. The number of carbonyl (C=O) groups excluding carboxylic acids is 1. The highest BCUT2D eigenvalue weighted by Gasteiger charge is 2.23. The molecule has 0 fully saturated rings. The van der Waals surface area contributed by atoms with E-state index in [0.29, 0.717) is 49.1 Å². The van der Waals surface area contributed by atoms with Gasteiger partial charge < -0.3 is 18.8 Å². The summed E-state index contributed by atoms with van der Waals surface area (Å²) in [7, 11) is 0. The second kappa shape index (κ2) is 9.75. The first-order valence-corrected chi connectivity index (χ1v) is 10.6. The standard InChI is InChI=1S/C25H24ClNO4/c1-2-3-9-24(28)27-10-12-30-25-20(16-27)13-19(18-6-4-7-21(26)14-18)15-23(25)31-17-22-8-5-11-29-22/h2,4-8,11,13-15H,1,3,9-10,12,16-17H2. The van der Waals surface area contributed by atoms with Crippen molar-refractivity contribution in [2.24, 2.45) is 0 Å². The monoisotopic (exact) mass is 437 g/mol. The van der Waals surface area contributed by atoms with Crippen molar-refractivity contribution in [2.45, 2.75) is 26.0 Å². The highest BCUT2D eigenvalue weighted by atomic mass is 35.5. The van der Waals surface area contributed by atoms with Gasteiger partial charge in [-0.25, -0.2) is 0 Å². The first kappa shape index (κ1) is 21.1. The van der Waals surface area contributed by atoms with Crippen LogP contribution in [0.3, 0.4) is 0 Å². The third kappa shape index (κ3) is 5.12. The Morgan fingerprint density at radius 3 is 2.87 bits per heavy atom. The van der Waals surface area contributed by atoms with E-state index in [0.717, 1.165) is 22.5 Å². The third-order valence-electron chi connectivity index (χ3n) is 5.12. The minimum absolute atomic E-state index is 0.0857. The van der Waals surface area contributed by atoms with Gasteiger partial charge in [0.05, 0.1) is 12.8 Å². The van der Waals surface area contributed by atoms with Gasteiger partial charge in [-0.1, -0.05) is 29.8 Å². The lowest BCUT2D eigenvalue weighted by Crippen LogP contribution is -2.32. The number of rotatable bonds is 7. The second-order valence-electron chi connectivity index (χ2n) is 7.33. The lowest BCUT2D eigenvalue weighted by molar-refractivity contribution is -0.131. The average Bonchev–Trinajstić information content (AvgIpc) is 3.20. The summed E-state index contributed by atoms with van der Waals surface area (Å²) in [6.07, 6.45) is 4.47. The van der Waals surface area contributed by atoms with Gasteiger partial charge in [0.15, 0.2) is 11.5 Å². The number of hydrogen-bond donors (Lipinski definition) is 0. The van der Waals surface area contributed by atoms with Gasteiger partial charge in [0.25, 0.3) is 0 Å². The second-order valence-corrected chi connectivity index (χ2v) is 7.77. The van der Waals surface area contributed by atoms with E-state index in [1.807, 2.05) is 53.4 Å². The topological polar surface area (TPSA) is 51.9 Å². The van der Waals surface area contributed by atoms with Gasteiger partial charge in [0, 0.05) is 23.6 Å². The van der Waals surface area contributed by atoms with E-state index in [1.165, 1.54) is 0 Å².